The molecule has 0 fully saturated rings. The van der Waals surface area contributed by atoms with E-state index < -0.39 is 0 Å². The molecule has 0 N–H and O–H groups in total. The van der Waals surface area contributed by atoms with Crippen molar-refractivity contribution in [2.24, 2.45) is 5.10 Å². The molecule has 0 aliphatic carbocycles. The molecule has 1 aromatic rings. The Morgan fingerprint density at radius 3 is 2.62 bits per heavy atom. The zero-order valence-electron chi connectivity index (χ0n) is 10.3. The highest BCUT2D eigenvalue weighted by Crippen LogP contribution is 2.10. The van der Waals surface area contributed by atoms with Gasteiger partial charge in [0.2, 0.25) is 0 Å². The van der Waals surface area contributed by atoms with E-state index in [4.69, 9.17) is 4.42 Å². The van der Waals surface area contributed by atoms with Crippen molar-refractivity contribution in [2.45, 2.75) is 6.54 Å². The van der Waals surface area contributed by atoms with Crippen LogP contribution in [0.4, 0.5) is 0 Å². The standard InChI is InChI=1S/C12H19N3O/c1-14(2)10-12-8-7-11(16-12)6-5-9-13-15(3)4/h5-9H,10H2,1-4H3/b6-5+,13-9-. The van der Waals surface area contributed by atoms with Crippen molar-refractivity contribution in [1.29, 1.82) is 0 Å². The molecule has 16 heavy (non-hydrogen) atoms. The van der Waals surface area contributed by atoms with Crippen LogP contribution in [0.5, 0.6) is 0 Å². The van der Waals surface area contributed by atoms with Gasteiger partial charge >= 0.3 is 0 Å². The van der Waals surface area contributed by atoms with Crippen LogP contribution in [-0.4, -0.2) is 44.3 Å². The summed E-state index contributed by atoms with van der Waals surface area (Å²) >= 11 is 0. The van der Waals surface area contributed by atoms with Gasteiger partial charge in [0.05, 0.1) is 6.54 Å². The number of nitrogens with zero attached hydrogens (tertiary/aromatic N) is 3. The Labute approximate surface area is 96.8 Å². The predicted molar refractivity (Wildman–Crippen MR) is 67.3 cm³/mol. The third-order valence-electron chi connectivity index (χ3n) is 1.80. The number of rotatable bonds is 5. The first-order valence-electron chi connectivity index (χ1n) is 5.19. The number of hydrogen-bond donors (Lipinski definition) is 0. The molecule has 0 unspecified atom stereocenters. The van der Waals surface area contributed by atoms with Gasteiger partial charge in [-0.05, 0) is 38.4 Å². The largest absolute Gasteiger partial charge is 0.460 e. The van der Waals surface area contributed by atoms with Gasteiger partial charge in [0.15, 0.2) is 0 Å². The maximum absolute atomic E-state index is 5.60. The van der Waals surface area contributed by atoms with Crippen molar-refractivity contribution in [1.82, 2.24) is 9.91 Å². The predicted octanol–water partition coefficient (Wildman–Crippen LogP) is 1.90. The van der Waals surface area contributed by atoms with Crippen molar-refractivity contribution in [3.05, 3.63) is 29.7 Å². The van der Waals surface area contributed by atoms with Gasteiger partial charge < -0.3 is 14.3 Å². The van der Waals surface area contributed by atoms with Crippen LogP contribution < -0.4 is 0 Å². The molecule has 0 saturated heterocycles. The molecule has 0 bridgehead atoms. The fourth-order valence-corrected chi connectivity index (χ4v) is 1.19. The van der Waals surface area contributed by atoms with Crippen LogP contribution in [0.2, 0.25) is 0 Å². The first-order chi connectivity index (χ1) is 7.58. The summed E-state index contributed by atoms with van der Waals surface area (Å²) in [5, 5.41) is 5.81. The van der Waals surface area contributed by atoms with Gasteiger partial charge in [0, 0.05) is 20.3 Å². The maximum atomic E-state index is 5.60. The Bertz CT molecular complexity index is 364. The summed E-state index contributed by atoms with van der Waals surface area (Å²) in [4.78, 5) is 2.07. The Balaban J connectivity index is 2.51. The van der Waals surface area contributed by atoms with Gasteiger partial charge in [-0.15, -0.1) is 0 Å². The van der Waals surface area contributed by atoms with Crippen LogP contribution >= 0.6 is 0 Å². The molecule has 1 heterocycles. The Kier molecular flexibility index (Phi) is 4.79. The third kappa shape index (κ3) is 4.79. The molecule has 0 aliphatic heterocycles. The molecule has 88 valence electrons. The minimum Gasteiger partial charge on any atom is -0.460 e. The molecule has 0 amide bonds. The first kappa shape index (κ1) is 12.5. The quantitative estimate of drug-likeness (QED) is 0.562. The molecule has 0 spiro atoms. The van der Waals surface area contributed by atoms with Gasteiger partial charge in [-0.2, -0.15) is 5.10 Å². The monoisotopic (exact) mass is 221 g/mol. The summed E-state index contributed by atoms with van der Waals surface area (Å²) in [5.74, 6) is 1.82. The van der Waals surface area contributed by atoms with E-state index in [0.29, 0.717) is 0 Å². The van der Waals surface area contributed by atoms with E-state index in [1.54, 1.807) is 11.2 Å². The smallest absolute Gasteiger partial charge is 0.127 e. The van der Waals surface area contributed by atoms with Crippen LogP contribution in [0, 0.1) is 0 Å². The van der Waals surface area contributed by atoms with Crippen molar-refractivity contribution in [2.75, 3.05) is 28.2 Å². The molecule has 4 nitrogen and oxygen atoms in total. The van der Waals surface area contributed by atoms with Crippen molar-refractivity contribution in [3.8, 4) is 0 Å². The second kappa shape index (κ2) is 6.12. The molecule has 0 radical (unpaired) electrons. The zero-order chi connectivity index (χ0) is 12.0. The van der Waals surface area contributed by atoms with Gasteiger partial charge in [-0.25, -0.2) is 0 Å². The molecule has 1 aromatic heterocycles. The molecule has 4 heteroatoms. The van der Waals surface area contributed by atoms with Crippen LogP contribution in [0.25, 0.3) is 6.08 Å². The maximum Gasteiger partial charge on any atom is 0.127 e. The fraction of sp³-hybridized carbons (Fsp3) is 0.417. The zero-order valence-corrected chi connectivity index (χ0v) is 10.3. The molecule has 0 aromatic carbocycles. The Hall–Kier alpha value is -1.55. The van der Waals surface area contributed by atoms with Crippen LogP contribution in [0.3, 0.4) is 0 Å². The van der Waals surface area contributed by atoms with Gasteiger partial charge in [-0.3, -0.25) is 0 Å². The van der Waals surface area contributed by atoms with E-state index in [2.05, 4.69) is 10.0 Å². The minimum absolute atomic E-state index is 0.819. The highest BCUT2D eigenvalue weighted by atomic mass is 16.3. The Morgan fingerprint density at radius 2 is 2.00 bits per heavy atom. The lowest BCUT2D eigenvalue weighted by molar-refractivity contribution is 0.349. The fourth-order valence-electron chi connectivity index (χ4n) is 1.19. The topological polar surface area (TPSA) is 32.0 Å². The van der Waals surface area contributed by atoms with Gasteiger partial charge in [0.1, 0.15) is 11.5 Å². The summed E-state index contributed by atoms with van der Waals surface area (Å²) in [6.07, 6.45) is 5.48. The van der Waals surface area contributed by atoms with Gasteiger partial charge in [0.25, 0.3) is 0 Å². The molecular formula is C12H19N3O. The van der Waals surface area contributed by atoms with E-state index >= 15 is 0 Å². The lowest BCUT2D eigenvalue weighted by atomic mass is 10.4. The summed E-state index contributed by atoms with van der Waals surface area (Å²) in [6, 6.07) is 3.95. The van der Waals surface area contributed by atoms with Crippen molar-refractivity contribution in [3.63, 3.8) is 0 Å². The van der Waals surface area contributed by atoms with Crippen molar-refractivity contribution < 1.29 is 4.42 Å². The molecular weight excluding hydrogens is 202 g/mol. The normalized spacial score (nSPS) is 12.1. The number of hydrogen-bond acceptors (Lipinski definition) is 4. The molecule has 0 aliphatic rings. The minimum atomic E-state index is 0.819. The average Bonchev–Trinajstić information content (AvgIpc) is 2.59. The van der Waals surface area contributed by atoms with E-state index in [0.717, 1.165) is 18.1 Å². The number of allylic oxidation sites excluding steroid dienone is 1. The lowest BCUT2D eigenvalue weighted by Gasteiger charge is -2.05. The second-order valence-corrected chi connectivity index (χ2v) is 4.01. The average molecular weight is 221 g/mol. The van der Waals surface area contributed by atoms with E-state index in [1.807, 2.05) is 52.5 Å². The summed E-state index contributed by atoms with van der Waals surface area (Å²) in [6.45, 7) is 0.819. The van der Waals surface area contributed by atoms with E-state index in [1.165, 1.54) is 0 Å². The summed E-state index contributed by atoms with van der Waals surface area (Å²) in [5.41, 5.74) is 0. The summed E-state index contributed by atoms with van der Waals surface area (Å²) in [7, 11) is 7.79. The molecule has 0 atom stereocenters. The Morgan fingerprint density at radius 1 is 1.25 bits per heavy atom. The number of hydrazone groups is 1. The molecule has 1 rings (SSSR count). The third-order valence-corrected chi connectivity index (χ3v) is 1.80. The highest BCUT2D eigenvalue weighted by molar-refractivity contribution is 5.77. The van der Waals surface area contributed by atoms with Crippen LogP contribution in [-0.2, 0) is 6.54 Å². The van der Waals surface area contributed by atoms with E-state index in [9.17, 15) is 0 Å². The highest BCUT2D eigenvalue weighted by Gasteiger charge is 1.99. The van der Waals surface area contributed by atoms with Crippen LogP contribution in [0.1, 0.15) is 11.5 Å². The SMILES string of the molecule is CN(C)Cc1ccc(/C=C/C=N\N(C)C)o1. The molecule has 0 saturated carbocycles. The number of furan rings is 1. The summed E-state index contributed by atoms with van der Waals surface area (Å²) < 4.78 is 5.60. The van der Waals surface area contributed by atoms with E-state index in [-0.39, 0.29) is 0 Å². The second-order valence-electron chi connectivity index (χ2n) is 4.01. The first-order valence-corrected chi connectivity index (χ1v) is 5.19. The lowest BCUT2D eigenvalue weighted by Crippen LogP contribution is -2.09. The van der Waals surface area contributed by atoms with Crippen molar-refractivity contribution >= 4 is 12.3 Å². The van der Waals surface area contributed by atoms with Crippen LogP contribution in [0.15, 0.2) is 27.7 Å². The van der Waals surface area contributed by atoms with Gasteiger partial charge in [-0.1, -0.05) is 0 Å².